The van der Waals surface area contributed by atoms with Crippen molar-refractivity contribution in [2.45, 2.75) is 32.7 Å². The Morgan fingerprint density at radius 3 is 2.79 bits per heavy atom. The Morgan fingerprint density at radius 2 is 2.29 bits per heavy atom. The molecule has 1 aromatic heterocycles. The third-order valence-electron chi connectivity index (χ3n) is 2.08. The Bertz CT molecular complexity index is 308. The van der Waals surface area contributed by atoms with Gasteiger partial charge >= 0.3 is 0 Å². The SMILES string of the molecule is C#CC(NCCC)c1ccc(CC)s1. The van der Waals surface area contributed by atoms with Crippen LogP contribution in [0.4, 0.5) is 0 Å². The molecule has 0 saturated carbocycles. The third kappa shape index (κ3) is 2.87. The van der Waals surface area contributed by atoms with Crippen molar-refractivity contribution in [3.05, 3.63) is 21.9 Å². The van der Waals surface area contributed by atoms with Gasteiger partial charge in [-0.25, -0.2) is 0 Å². The van der Waals surface area contributed by atoms with Crippen LogP contribution in [-0.2, 0) is 6.42 Å². The molecule has 76 valence electrons. The zero-order valence-corrected chi connectivity index (χ0v) is 9.66. The number of aryl methyl sites for hydroxylation is 1. The number of hydrogen-bond acceptors (Lipinski definition) is 2. The standard InChI is InChI=1S/C12H17NS/c1-4-9-13-11(6-3)12-8-7-10(5-2)14-12/h3,7-8,11,13H,4-5,9H2,1-2H3. The second kappa shape index (κ2) is 5.85. The summed E-state index contributed by atoms with van der Waals surface area (Å²) in [4.78, 5) is 2.66. The van der Waals surface area contributed by atoms with Crippen LogP contribution in [0.2, 0.25) is 0 Å². The van der Waals surface area contributed by atoms with Crippen LogP contribution < -0.4 is 5.32 Å². The molecule has 1 unspecified atom stereocenters. The second-order valence-corrected chi connectivity index (χ2v) is 4.41. The first-order valence-corrected chi connectivity index (χ1v) is 5.91. The fourth-order valence-electron chi connectivity index (χ4n) is 1.27. The van der Waals surface area contributed by atoms with Crippen molar-refractivity contribution in [2.24, 2.45) is 0 Å². The molecule has 0 amide bonds. The quantitative estimate of drug-likeness (QED) is 0.732. The van der Waals surface area contributed by atoms with Crippen LogP contribution in [0.15, 0.2) is 12.1 Å². The highest BCUT2D eigenvalue weighted by atomic mass is 32.1. The predicted molar refractivity (Wildman–Crippen MR) is 63.6 cm³/mol. The first kappa shape index (κ1) is 11.3. The third-order valence-corrected chi connectivity index (χ3v) is 3.37. The van der Waals surface area contributed by atoms with Gasteiger partial charge in [0.05, 0.1) is 0 Å². The lowest BCUT2D eigenvalue weighted by Gasteiger charge is -2.09. The van der Waals surface area contributed by atoms with E-state index in [1.165, 1.54) is 9.75 Å². The van der Waals surface area contributed by atoms with Crippen molar-refractivity contribution < 1.29 is 0 Å². The highest BCUT2D eigenvalue weighted by Gasteiger charge is 2.08. The lowest BCUT2D eigenvalue weighted by atomic mass is 10.2. The summed E-state index contributed by atoms with van der Waals surface area (Å²) in [5.74, 6) is 2.79. The average molecular weight is 207 g/mol. The highest BCUT2D eigenvalue weighted by Crippen LogP contribution is 2.23. The van der Waals surface area contributed by atoms with E-state index in [-0.39, 0.29) is 6.04 Å². The fraction of sp³-hybridized carbons (Fsp3) is 0.500. The monoisotopic (exact) mass is 207 g/mol. The molecule has 1 N–H and O–H groups in total. The Morgan fingerprint density at radius 1 is 1.50 bits per heavy atom. The molecule has 1 rings (SSSR count). The molecule has 0 aliphatic rings. The van der Waals surface area contributed by atoms with Gasteiger partial charge in [-0.2, -0.15) is 0 Å². The number of nitrogens with one attached hydrogen (secondary N) is 1. The van der Waals surface area contributed by atoms with Crippen LogP contribution in [0.1, 0.15) is 36.1 Å². The molecule has 0 bridgehead atoms. The van der Waals surface area contributed by atoms with E-state index in [1.54, 1.807) is 0 Å². The Hall–Kier alpha value is -0.780. The van der Waals surface area contributed by atoms with Gasteiger partial charge in [-0.3, -0.25) is 5.32 Å². The highest BCUT2D eigenvalue weighted by molar-refractivity contribution is 7.12. The molecule has 0 radical (unpaired) electrons. The molecule has 0 spiro atoms. The number of thiophene rings is 1. The number of rotatable bonds is 5. The van der Waals surface area contributed by atoms with E-state index in [2.05, 4.69) is 37.2 Å². The van der Waals surface area contributed by atoms with E-state index in [9.17, 15) is 0 Å². The molecule has 0 aromatic carbocycles. The zero-order valence-electron chi connectivity index (χ0n) is 8.84. The smallest absolute Gasteiger partial charge is 0.104 e. The van der Waals surface area contributed by atoms with Crippen molar-refractivity contribution in [1.29, 1.82) is 0 Å². The lowest BCUT2D eigenvalue weighted by Crippen LogP contribution is -2.19. The molecule has 1 heterocycles. The minimum Gasteiger partial charge on any atom is -0.299 e. The van der Waals surface area contributed by atoms with E-state index >= 15 is 0 Å². The predicted octanol–water partition coefficient (Wildman–Crippen LogP) is 2.98. The maximum absolute atomic E-state index is 5.49. The van der Waals surface area contributed by atoms with E-state index in [0.717, 1.165) is 19.4 Å². The minimum absolute atomic E-state index is 0.0975. The second-order valence-electron chi connectivity index (χ2n) is 3.21. The minimum atomic E-state index is 0.0975. The van der Waals surface area contributed by atoms with Gasteiger partial charge in [0.15, 0.2) is 0 Å². The van der Waals surface area contributed by atoms with Crippen molar-refractivity contribution in [1.82, 2.24) is 5.32 Å². The maximum Gasteiger partial charge on any atom is 0.104 e. The van der Waals surface area contributed by atoms with Crippen molar-refractivity contribution in [3.63, 3.8) is 0 Å². The van der Waals surface area contributed by atoms with E-state index in [0.29, 0.717) is 0 Å². The first-order chi connectivity index (χ1) is 6.81. The number of hydrogen-bond donors (Lipinski definition) is 1. The average Bonchev–Trinajstić information content (AvgIpc) is 2.68. The van der Waals surface area contributed by atoms with E-state index < -0.39 is 0 Å². The van der Waals surface area contributed by atoms with Crippen LogP contribution in [0.25, 0.3) is 0 Å². The van der Waals surface area contributed by atoms with Gasteiger partial charge in [0.25, 0.3) is 0 Å². The van der Waals surface area contributed by atoms with Gasteiger partial charge in [-0.1, -0.05) is 19.8 Å². The summed E-state index contributed by atoms with van der Waals surface area (Å²) in [6.45, 7) is 5.29. The van der Waals surface area contributed by atoms with Crippen LogP contribution in [-0.4, -0.2) is 6.54 Å². The molecule has 14 heavy (non-hydrogen) atoms. The van der Waals surface area contributed by atoms with Gasteiger partial charge < -0.3 is 0 Å². The van der Waals surface area contributed by atoms with Crippen molar-refractivity contribution >= 4 is 11.3 Å². The van der Waals surface area contributed by atoms with E-state index in [4.69, 9.17) is 6.42 Å². The zero-order chi connectivity index (χ0) is 10.4. The van der Waals surface area contributed by atoms with Crippen LogP contribution in [0.5, 0.6) is 0 Å². The molecule has 0 fully saturated rings. The summed E-state index contributed by atoms with van der Waals surface area (Å²) < 4.78 is 0. The van der Waals surface area contributed by atoms with Crippen molar-refractivity contribution in [2.75, 3.05) is 6.54 Å². The van der Waals surface area contributed by atoms with Gasteiger partial charge in [0.1, 0.15) is 6.04 Å². The Labute approximate surface area is 90.5 Å². The molecule has 2 heteroatoms. The van der Waals surface area contributed by atoms with Crippen LogP contribution in [0, 0.1) is 12.3 Å². The lowest BCUT2D eigenvalue weighted by molar-refractivity contribution is 0.633. The summed E-state index contributed by atoms with van der Waals surface area (Å²) in [7, 11) is 0. The molecular formula is C12H17NS. The summed E-state index contributed by atoms with van der Waals surface area (Å²) >= 11 is 1.81. The van der Waals surface area contributed by atoms with E-state index in [1.807, 2.05) is 11.3 Å². The Balaban J connectivity index is 2.65. The Kier molecular flexibility index (Phi) is 4.72. The molecule has 1 aromatic rings. The maximum atomic E-state index is 5.49. The van der Waals surface area contributed by atoms with Crippen molar-refractivity contribution in [3.8, 4) is 12.3 Å². The summed E-state index contributed by atoms with van der Waals surface area (Å²) in [6, 6.07) is 4.40. The normalized spacial score (nSPS) is 12.4. The summed E-state index contributed by atoms with van der Waals surface area (Å²) in [6.07, 6.45) is 7.70. The van der Waals surface area contributed by atoms with Gasteiger partial charge in [0, 0.05) is 9.75 Å². The molecule has 0 saturated heterocycles. The van der Waals surface area contributed by atoms with Crippen LogP contribution in [0.3, 0.4) is 0 Å². The summed E-state index contributed by atoms with van der Waals surface area (Å²) in [5.41, 5.74) is 0. The first-order valence-electron chi connectivity index (χ1n) is 5.09. The molecule has 0 aliphatic heterocycles. The summed E-state index contributed by atoms with van der Waals surface area (Å²) in [5, 5.41) is 3.35. The van der Waals surface area contributed by atoms with Crippen LogP contribution >= 0.6 is 11.3 Å². The largest absolute Gasteiger partial charge is 0.299 e. The number of terminal acetylenes is 1. The molecular weight excluding hydrogens is 190 g/mol. The van der Waals surface area contributed by atoms with Gasteiger partial charge in [0.2, 0.25) is 0 Å². The van der Waals surface area contributed by atoms with Gasteiger partial charge in [-0.15, -0.1) is 17.8 Å². The molecule has 0 aliphatic carbocycles. The van der Waals surface area contributed by atoms with Gasteiger partial charge in [-0.05, 0) is 31.5 Å². The topological polar surface area (TPSA) is 12.0 Å². The fourth-order valence-corrected chi connectivity index (χ4v) is 2.26. The molecule has 1 atom stereocenters. The molecule has 1 nitrogen and oxygen atoms in total.